The summed E-state index contributed by atoms with van der Waals surface area (Å²) in [6, 6.07) is 5.37. The quantitative estimate of drug-likeness (QED) is 0.459. The lowest BCUT2D eigenvalue weighted by molar-refractivity contribution is -0.385. The Morgan fingerprint density at radius 3 is 2.91 bits per heavy atom. The van der Waals surface area contributed by atoms with E-state index < -0.39 is 0 Å². The minimum atomic E-state index is -0.372. The van der Waals surface area contributed by atoms with Gasteiger partial charge in [0.1, 0.15) is 0 Å². The fraction of sp³-hybridized carbons (Fsp3) is 0.562. The monoisotopic (exact) mass is 305 g/mol. The van der Waals surface area contributed by atoms with Crippen LogP contribution < -0.4 is 0 Å². The van der Waals surface area contributed by atoms with Crippen LogP contribution in [0, 0.1) is 17.0 Å². The zero-order chi connectivity index (χ0) is 16.1. The fourth-order valence-corrected chi connectivity index (χ4v) is 3.00. The Morgan fingerprint density at radius 1 is 1.50 bits per heavy atom. The van der Waals surface area contributed by atoms with Gasteiger partial charge in [-0.05, 0) is 38.4 Å². The van der Waals surface area contributed by atoms with Gasteiger partial charge in [0.25, 0.3) is 5.69 Å². The average Bonchev–Trinajstić information content (AvgIpc) is 2.53. The van der Waals surface area contributed by atoms with Crippen LogP contribution >= 0.6 is 0 Å². The first-order valence-corrected chi connectivity index (χ1v) is 7.72. The van der Waals surface area contributed by atoms with Gasteiger partial charge in [0.2, 0.25) is 6.41 Å². The molecule has 0 saturated carbocycles. The van der Waals surface area contributed by atoms with Gasteiger partial charge in [0.05, 0.1) is 4.92 Å². The van der Waals surface area contributed by atoms with Gasteiger partial charge in [0, 0.05) is 30.8 Å². The molecule has 1 unspecified atom stereocenters. The highest BCUT2D eigenvalue weighted by atomic mass is 16.6. The molecular formula is C16H23N3O3. The van der Waals surface area contributed by atoms with Gasteiger partial charge in [-0.25, -0.2) is 0 Å². The van der Waals surface area contributed by atoms with Crippen LogP contribution in [0.25, 0.3) is 0 Å². The highest BCUT2D eigenvalue weighted by molar-refractivity contribution is 5.49. The van der Waals surface area contributed by atoms with Gasteiger partial charge >= 0.3 is 0 Å². The summed E-state index contributed by atoms with van der Waals surface area (Å²) in [5.74, 6) is 0. The van der Waals surface area contributed by atoms with E-state index in [1.807, 2.05) is 6.07 Å². The van der Waals surface area contributed by atoms with Crippen LogP contribution in [0.3, 0.4) is 0 Å². The molecule has 120 valence electrons. The van der Waals surface area contributed by atoms with Crippen molar-refractivity contribution in [3.05, 3.63) is 39.4 Å². The minimum Gasteiger partial charge on any atom is -0.337 e. The number of carbonyl (C=O) groups excluding carboxylic acids is 1. The lowest BCUT2D eigenvalue weighted by Crippen LogP contribution is -2.47. The lowest BCUT2D eigenvalue weighted by atomic mass is 10.0. The first-order chi connectivity index (χ1) is 10.5. The number of rotatable bonds is 6. The maximum absolute atomic E-state index is 11.5. The molecule has 1 amide bonds. The fourth-order valence-electron chi connectivity index (χ4n) is 3.00. The Labute approximate surface area is 130 Å². The van der Waals surface area contributed by atoms with E-state index >= 15 is 0 Å². The predicted octanol–water partition coefficient (Wildman–Crippen LogP) is 2.35. The zero-order valence-corrected chi connectivity index (χ0v) is 13.2. The van der Waals surface area contributed by atoms with Crippen LogP contribution in [0.15, 0.2) is 18.2 Å². The van der Waals surface area contributed by atoms with E-state index in [-0.39, 0.29) is 16.7 Å². The molecule has 1 aromatic rings. The Hall–Kier alpha value is -1.95. The number of nitrogens with zero attached hydrogens (tertiary/aromatic N) is 3. The molecule has 1 aliphatic heterocycles. The molecule has 0 spiro atoms. The van der Waals surface area contributed by atoms with Crippen molar-refractivity contribution in [2.75, 3.05) is 19.6 Å². The first-order valence-electron chi connectivity index (χ1n) is 7.72. The van der Waals surface area contributed by atoms with E-state index in [4.69, 9.17) is 0 Å². The van der Waals surface area contributed by atoms with E-state index in [0.29, 0.717) is 12.1 Å². The number of nitro benzene ring substituents is 1. The smallest absolute Gasteiger partial charge is 0.272 e. The van der Waals surface area contributed by atoms with Crippen molar-refractivity contribution in [1.82, 2.24) is 9.80 Å². The molecule has 1 fully saturated rings. The number of aryl methyl sites for hydroxylation is 1. The summed E-state index contributed by atoms with van der Waals surface area (Å²) >= 11 is 0. The van der Waals surface area contributed by atoms with Crippen LogP contribution in [0.1, 0.15) is 30.9 Å². The summed E-state index contributed by atoms with van der Waals surface area (Å²) in [6.45, 7) is 7.21. The second kappa shape index (κ2) is 7.35. The molecule has 1 aromatic carbocycles. The number of hydrogen-bond acceptors (Lipinski definition) is 4. The van der Waals surface area contributed by atoms with Crippen LogP contribution in [-0.2, 0) is 11.3 Å². The van der Waals surface area contributed by atoms with Crippen LogP contribution in [0.4, 0.5) is 5.69 Å². The van der Waals surface area contributed by atoms with Crippen LogP contribution in [0.5, 0.6) is 0 Å². The number of hydrogen-bond donors (Lipinski definition) is 0. The molecule has 0 aromatic heterocycles. The molecule has 1 atom stereocenters. The summed E-state index contributed by atoms with van der Waals surface area (Å²) in [4.78, 5) is 26.2. The maximum atomic E-state index is 11.5. The Morgan fingerprint density at radius 2 is 2.27 bits per heavy atom. The number of likely N-dealkylation sites (tertiary alicyclic amines) is 1. The highest BCUT2D eigenvalue weighted by Gasteiger charge is 2.24. The van der Waals surface area contributed by atoms with Crippen molar-refractivity contribution in [3.63, 3.8) is 0 Å². The SMILES string of the molecule is CCN1CCCC(N(C=O)Cc2ccc(C)c([N+](=O)[O-])c2)C1. The molecule has 0 aliphatic carbocycles. The minimum absolute atomic E-state index is 0.113. The third-order valence-corrected chi connectivity index (χ3v) is 4.37. The van der Waals surface area contributed by atoms with E-state index in [9.17, 15) is 14.9 Å². The number of benzene rings is 1. The summed E-state index contributed by atoms with van der Waals surface area (Å²) in [5, 5.41) is 11.0. The normalized spacial score (nSPS) is 18.9. The number of likely N-dealkylation sites (N-methyl/N-ethyl adjacent to an activating group) is 1. The second-order valence-electron chi connectivity index (χ2n) is 5.84. The summed E-state index contributed by atoms with van der Waals surface area (Å²) in [6.07, 6.45) is 2.94. The van der Waals surface area contributed by atoms with Gasteiger partial charge in [0.15, 0.2) is 0 Å². The standard InChI is InChI=1S/C16H23N3O3/c1-3-17-8-4-5-15(11-17)18(12-20)10-14-7-6-13(2)16(9-14)19(21)22/h6-7,9,12,15H,3-5,8,10-11H2,1-2H3. The first kappa shape index (κ1) is 16.4. The lowest BCUT2D eigenvalue weighted by Gasteiger charge is -2.37. The molecule has 1 heterocycles. The largest absolute Gasteiger partial charge is 0.337 e. The molecule has 1 aliphatic rings. The number of carbonyl (C=O) groups is 1. The molecule has 22 heavy (non-hydrogen) atoms. The topological polar surface area (TPSA) is 66.7 Å². The molecule has 0 N–H and O–H groups in total. The third-order valence-electron chi connectivity index (χ3n) is 4.37. The molecule has 2 rings (SSSR count). The van der Waals surface area contributed by atoms with Crippen LogP contribution in [0.2, 0.25) is 0 Å². The van der Waals surface area contributed by atoms with Gasteiger partial charge in [-0.3, -0.25) is 14.9 Å². The Bertz CT molecular complexity index is 547. The van der Waals surface area contributed by atoms with Gasteiger partial charge in [-0.15, -0.1) is 0 Å². The molecule has 0 radical (unpaired) electrons. The summed E-state index contributed by atoms with van der Waals surface area (Å²) in [5.41, 5.74) is 1.56. The molecule has 1 saturated heterocycles. The Balaban J connectivity index is 2.11. The molecule has 6 heteroatoms. The third kappa shape index (κ3) is 3.82. The molecule has 6 nitrogen and oxygen atoms in total. The van der Waals surface area contributed by atoms with E-state index in [1.165, 1.54) is 0 Å². The number of amides is 1. The Kier molecular flexibility index (Phi) is 5.49. The summed E-state index contributed by atoms with van der Waals surface area (Å²) in [7, 11) is 0. The average molecular weight is 305 g/mol. The van der Waals surface area contributed by atoms with Crippen molar-refractivity contribution in [3.8, 4) is 0 Å². The van der Waals surface area contributed by atoms with Crippen molar-refractivity contribution in [2.45, 2.75) is 39.3 Å². The van der Waals surface area contributed by atoms with Gasteiger partial charge in [-0.1, -0.05) is 19.1 Å². The summed E-state index contributed by atoms with van der Waals surface area (Å²) < 4.78 is 0. The van der Waals surface area contributed by atoms with Crippen molar-refractivity contribution < 1.29 is 9.72 Å². The van der Waals surface area contributed by atoms with Gasteiger partial charge in [-0.2, -0.15) is 0 Å². The zero-order valence-electron chi connectivity index (χ0n) is 13.2. The molecular weight excluding hydrogens is 282 g/mol. The van der Waals surface area contributed by atoms with E-state index in [0.717, 1.165) is 44.4 Å². The van der Waals surface area contributed by atoms with Crippen LogP contribution in [-0.4, -0.2) is 46.8 Å². The number of piperidine rings is 1. The number of nitro groups is 1. The maximum Gasteiger partial charge on any atom is 0.272 e. The van der Waals surface area contributed by atoms with Gasteiger partial charge < -0.3 is 9.80 Å². The van der Waals surface area contributed by atoms with Crippen molar-refractivity contribution in [2.24, 2.45) is 0 Å². The van der Waals surface area contributed by atoms with E-state index in [1.54, 1.807) is 24.0 Å². The van der Waals surface area contributed by atoms with E-state index in [2.05, 4.69) is 11.8 Å². The van der Waals surface area contributed by atoms with Crippen molar-refractivity contribution in [1.29, 1.82) is 0 Å². The second-order valence-corrected chi connectivity index (χ2v) is 5.84. The highest BCUT2D eigenvalue weighted by Crippen LogP contribution is 2.22. The molecule has 0 bridgehead atoms. The van der Waals surface area contributed by atoms with Crippen molar-refractivity contribution >= 4 is 12.1 Å². The predicted molar refractivity (Wildman–Crippen MR) is 84.6 cm³/mol.